The van der Waals surface area contributed by atoms with E-state index in [1.54, 1.807) is 6.07 Å². The predicted octanol–water partition coefficient (Wildman–Crippen LogP) is 5.16. The van der Waals surface area contributed by atoms with Crippen LogP contribution in [0.25, 0.3) is 22.3 Å². The highest BCUT2D eigenvalue weighted by Gasteiger charge is 2.07. The Bertz CT molecular complexity index is 756. The van der Waals surface area contributed by atoms with Crippen LogP contribution in [0.2, 0.25) is 0 Å². The smallest absolute Gasteiger partial charge is 0.186 e. The summed E-state index contributed by atoms with van der Waals surface area (Å²) in [4.78, 5) is 0. The van der Waals surface area contributed by atoms with Crippen molar-refractivity contribution >= 4 is 11.0 Å². The minimum Gasteiger partial charge on any atom is -0.468 e. The average molecular weight is 310 g/mol. The molecule has 0 saturated carbocycles. The van der Waals surface area contributed by atoms with Gasteiger partial charge in [-0.1, -0.05) is 44.0 Å². The number of rotatable bonds is 7. The van der Waals surface area contributed by atoms with Crippen LogP contribution in [-0.2, 0) is 6.42 Å². The predicted molar refractivity (Wildman–Crippen MR) is 92.6 cm³/mol. The van der Waals surface area contributed by atoms with Gasteiger partial charge >= 0.3 is 0 Å². The summed E-state index contributed by atoms with van der Waals surface area (Å²) in [6.45, 7) is 1.89. The summed E-state index contributed by atoms with van der Waals surface area (Å²) >= 11 is 0. The van der Waals surface area contributed by atoms with Gasteiger partial charge in [-0.3, -0.25) is 0 Å². The summed E-state index contributed by atoms with van der Waals surface area (Å²) in [5, 5.41) is 9.85. The number of hydrogen-bond acceptors (Lipinski definition) is 3. The maximum absolute atomic E-state index is 8.83. The van der Waals surface area contributed by atoms with Gasteiger partial charge in [0.2, 0.25) is 0 Å². The maximum Gasteiger partial charge on any atom is 0.186 e. The van der Waals surface area contributed by atoms with Crippen molar-refractivity contribution in [2.45, 2.75) is 32.6 Å². The van der Waals surface area contributed by atoms with Gasteiger partial charge in [0.15, 0.2) is 6.79 Å². The van der Waals surface area contributed by atoms with Crippen LogP contribution in [0.15, 0.2) is 52.9 Å². The molecule has 0 aliphatic rings. The number of benzene rings is 2. The second-order valence-electron chi connectivity index (χ2n) is 5.74. The fourth-order valence-corrected chi connectivity index (χ4v) is 2.73. The van der Waals surface area contributed by atoms with E-state index in [0.717, 1.165) is 28.7 Å². The second-order valence-corrected chi connectivity index (χ2v) is 5.74. The van der Waals surface area contributed by atoms with Gasteiger partial charge in [0, 0.05) is 17.0 Å². The van der Waals surface area contributed by atoms with Crippen molar-refractivity contribution in [1.29, 1.82) is 0 Å². The Morgan fingerprint density at radius 2 is 1.83 bits per heavy atom. The summed E-state index contributed by atoms with van der Waals surface area (Å²) in [5.41, 5.74) is 3.21. The van der Waals surface area contributed by atoms with Gasteiger partial charge in [-0.2, -0.15) is 0 Å². The second kappa shape index (κ2) is 7.34. The van der Waals surface area contributed by atoms with Gasteiger partial charge in [0.1, 0.15) is 17.1 Å². The zero-order valence-electron chi connectivity index (χ0n) is 13.4. The molecule has 0 atom stereocenters. The Balaban J connectivity index is 1.79. The number of aliphatic hydroxyl groups excluding tert-OH is 1. The van der Waals surface area contributed by atoms with Crippen LogP contribution in [-0.4, -0.2) is 11.9 Å². The molecule has 0 saturated heterocycles. The molecule has 0 aliphatic heterocycles. The van der Waals surface area contributed by atoms with Gasteiger partial charge in [-0.05, 0) is 36.6 Å². The molecule has 0 spiro atoms. The third-order valence-electron chi connectivity index (χ3n) is 4.03. The van der Waals surface area contributed by atoms with Gasteiger partial charge in [-0.25, -0.2) is 0 Å². The standard InChI is InChI=1S/C20H22O3/c1-2-3-4-5-15-6-8-16(9-7-15)19-12-17-10-11-18(22-14-21)13-20(17)23-19/h6-13,21H,2-5,14H2,1H3. The largest absolute Gasteiger partial charge is 0.468 e. The van der Waals surface area contributed by atoms with E-state index in [9.17, 15) is 0 Å². The molecule has 3 aromatic rings. The number of furan rings is 1. The van der Waals surface area contributed by atoms with Crippen molar-refractivity contribution < 1.29 is 14.3 Å². The monoisotopic (exact) mass is 310 g/mol. The van der Waals surface area contributed by atoms with Crippen molar-refractivity contribution in [1.82, 2.24) is 0 Å². The quantitative estimate of drug-likeness (QED) is 0.484. The molecular formula is C20H22O3. The highest BCUT2D eigenvalue weighted by molar-refractivity contribution is 5.84. The summed E-state index contributed by atoms with van der Waals surface area (Å²) in [5.74, 6) is 1.45. The van der Waals surface area contributed by atoms with Gasteiger partial charge in [0.25, 0.3) is 0 Å². The van der Waals surface area contributed by atoms with Crippen LogP contribution >= 0.6 is 0 Å². The van der Waals surface area contributed by atoms with Crippen LogP contribution in [0.5, 0.6) is 5.75 Å². The fourth-order valence-electron chi connectivity index (χ4n) is 2.73. The van der Waals surface area contributed by atoms with Crippen molar-refractivity contribution in [3.05, 3.63) is 54.1 Å². The Labute approximate surface area is 136 Å². The minimum atomic E-state index is -0.335. The van der Waals surface area contributed by atoms with E-state index in [2.05, 4.69) is 31.2 Å². The molecule has 23 heavy (non-hydrogen) atoms. The maximum atomic E-state index is 8.83. The van der Waals surface area contributed by atoms with Gasteiger partial charge < -0.3 is 14.3 Å². The molecule has 1 N–H and O–H groups in total. The lowest BCUT2D eigenvalue weighted by molar-refractivity contribution is 0.0986. The third kappa shape index (κ3) is 3.74. The molecular weight excluding hydrogens is 288 g/mol. The van der Waals surface area contributed by atoms with E-state index >= 15 is 0 Å². The Morgan fingerprint density at radius 3 is 2.57 bits per heavy atom. The lowest BCUT2D eigenvalue weighted by Crippen LogP contribution is -1.93. The Hall–Kier alpha value is -2.26. The first-order valence-corrected chi connectivity index (χ1v) is 8.16. The van der Waals surface area contributed by atoms with Gasteiger partial charge in [-0.15, -0.1) is 0 Å². The highest BCUT2D eigenvalue weighted by atomic mass is 16.6. The number of ether oxygens (including phenoxy) is 1. The van der Waals surface area contributed by atoms with Crippen molar-refractivity contribution in [3.8, 4) is 17.1 Å². The fraction of sp³-hybridized carbons (Fsp3) is 0.300. The number of aryl methyl sites for hydroxylation is 1. The summed E-state index contributed by atoms with van der Waals surface area (Å²) < 4.78 is 11.0. The normalized spacial score (nSPS) is 11.0. The van der Waals surface area contributed by atoms with E-state index in [4.69, 9.17) is 14.3 Å². The highest BCUT2D eigenvalue weighted by Crippen LogP contribution is 2.30. The van der Waals surface area contributed by atoms with Crippen LogP contribution in [0.4, 0.5) is 0 Å². The lowest BCUT2D eigenvalue weighted by atomic mass is 10.0. The first-order valence-electron chi connectivity index (χ1n) is 8.16. The first-order chi connectivity index (χ1) is 11.3. The van der Waals surface area contributed by atoms with Crippen molar-refractivity contribution in [2.24, 2.45) is 0 Å². The van der Waals surface area contributed by atoms with E-state index in [0.29, 0.717) is 5.75 Å². The zero-order valence-corrected chi connectivity index (χ0v) is 13.4. The molecule has 120 valence electrons. The molecule has 0 bridgehead atoms. The Morgan fingerprint density at radius 1 is 1.00 bits per heavy atom. The summed E-state index contributed by atoms with van der Waals surface area (Å²) in [7, 11) is 0. The molecule has 0 fully saturated rings. The summed E-state index contributed by atoms with van der Waals surface area (Å²) in [6, 6.07) is 16.2. The van der Waals surface area contributed by atoms with E-state index in [-0.39, 0.29) is 6.79 Å². The number of aliphatic hydroxyl groups is 1. The van der Waals surface area contributed by atoms with Crippen LogP contribution in [0.3, 0.4) is 0 Å². The van der Waals surface area contributed by atoms with Crippen LogP contribution < -0.4 is 4.74 Å². The molecule has 0 aliphatic carbocycles. The van der Waals surface area contributed by atoms with Crippen molar-refractivity contribution in [3.63, 3.8) is 0 Å². The van der Waals surface area contributed by atoms with E-state index in [1.165, 1.54) is 24.8 Å². The topological polar surface area (TPSA) is 42.6 Å². The van der Waals surface area contributed by atoms with E-state index < -0.39 is 0 Å². The minimum absolute atomic E-state index is 0.335. The molecule has 0 unspecified atom stereocenters. The van der Waals surface area contributed by atoms with Crippen molar-refractivity contribution in [2.75, 3.05) is 6.79 Å². The van der Waals surface area contributed by atoms with E-state index in [1.807, 2.05) is 18.2 Å². The first kappa shape index (κ1) is 15.6. The molecule has 0 radical (unpaired) electrons. The molecule has 3 nitrogen and oxygen atoms in total. The summed E-state index contributed by atoms with van der Waals surface area (Å²) in [6.07, 6.45) is 4.91. The third-order valence-corrected chi connectivity index (χ3v) is 4.03. The van der Waals surface area contributed by atoms with Gasteiger partial charge in [0.05, 0.1) is 0 Å². The SMILES string of the molecule is CCCCCc1ccc(-c2cc3ccc(OCO)cc3o2)cc1. The Kier molecular flexibility index (Phi) is 4.99. The lowest BCUT2D eigenvalue weighted by Gasteiger charge is -2.02. The average Bonchev–Trinajstić information content (AvgIpc) is 2.99. The molecule has 3 heteroatoms. The molecule has 3 rings (SSSR count). The number of hydrogen-bond donors (Lipinski definition) is 1. The molecule has 1 aromatic heterocycles. The molecule has 1 heterocycles. The number of fused-ring (bicyclic) bond motifs is 1. The zero-order chi connectivity index (χ0) is 16.1. The molecule has 2 aromatic carbocycles. The van der Waals surface area contributed by atoms with Crippen LogP contribution in [0, 0.1) is 0 Å². The number of unbranched alkanes of at least 4 members (excludes halogenated alkanes) is 2. The molecule has 0 amide bonds. The van der Waals surface area contributed by atoms with Crippen LogP contribution in [0.1, 0.15) is 31.7 Å².